The molecule has 0 spiro atoms. The van der Waals surface area contributed by atoms with Crippen molar-refractivity contribution in [1.29, 1.82) is 0 Å². The molecule has 6 nitrogen and oxygen atoms in total. The topological polar surface area (TPSA) is 61.9 Å². The fourth-order valence-electron chi connectivity index (χ4n) is 3.82. The summed E-state index contributed by atoms with van der Waals surface area (Å²) >= 11 is 0. The van der Waals surface area contributed by atoms with Crippen molar-refractivity contribution in [2.75, 3.05) is 31.1 Å². The van der Waals surface area contributed by atoms with Gasteiger partial charge in [-0.05, 0) is 58.8 Å². The third kappa shape index (κ3) is 4.61. The average Bonchev–Trinajstić information content (AvgIpc) is 2.67. The van der Waals surface area contributed by atoms with Gasteiger partial charge in [0, 0.05) is 25.0 Å². The van der Waals surface area contributed by atoms with Crippen LogP contribution in [-0.4, -0.2) is 54.5 Å². The van der Waals surface area contributed by atoms with E-state index in [0.29, 0.717) is 18.8 Å². The van der Waals surface area contributed by atoms with E-state index in [1.807, 2.05) is 24.3 Å². The molecular weight excluding hydrogens is 342 g/mol. The molecule has 3 rings (SSSR count). The molecule has 0 saturated carbocycles. The zero-order chi connectivity index (χ0) is 19.4. The summed E-state index contributed by atoms with van der Waals surface area (Å²) in [6.07, 6.45) is 3.51. The lowest BCUT2D eigenvalue weighted by Gasteiger charge is -2.41. The number of para-hydroxylation sites is 2. The smallest absolute Gasteiger partial charge is 0.267 e. The highest BCUT2D eigenvalue weighted by Gasteiger charge is 2.32. The van der Waals surface area contributed by atoms with Gasteiger partial charge in [-0.2, -0.15) is 0 Å². The van der Waals surface area contributed by atoms with Gasteiger partial charge in [-0.1, -0.05) is 18.6 Å². The van der Waals surface area contributed by atoms with Crippen LogP contribution in [0.5, 0.6) is 5.75 Å². The van der Waals surface area contributed by atoms with E-state index < -0.39 is 6.10 Å². The number of hydrogen-bond donors (Lipinski definition) is 1. The van der Waals surface area contributed by atoms with Crippen LogP contribution in [-0.2, 0) is 9.59 Å². The molecule has 0 radical (unpaired) electrons. The van der Waals surface area contributed by atoms with Gasteiger partial charge in [0.25, 0.3) is 5.91 Å². The van der Waals surface area contributed by atoms with Gasteiger partial charge in [-0.15, -0.1) is 0 Å². The van der Waals surface area contributed by atoms with Crippen LogP contribution >= 0.6 is 0 Å². The van der Waals surface area contributed by atoms with E-state index in [-0.39, 0.29) is 23.8 Å². The van der Waals surface area contributed by atoms with E-state index >= 15 is 0 Å². The fourth-order valence-corrected chi connectivity index (χ4v) is 3.82. The molecule has 0 aromatic heterocycles. The molecule has 1 atom stereocenters. The summed E-state index contributed by atoms with van der Waals surface area (Å²) in [4.78, 5) is 29.0. The first-order chi connectivity index (χ1) is 12.9. The van der Waals surface area contributed by atoms with Crippen LogP contribution in [0.1, 0.15) is 46.5 Å². The summed E-state index contributed by atoms with van der Waals surface area (Å²) in [6, 6.07) is 7.47. The molecule has 2 amide bonds. The quantitative estimate of drug-likeness (QED) is 0.833. The summed E-state index contributed by atoms with van der Waals surface area (Å²) in [5.74, 6) is 0.566. The SMILES string of the molecule is CC1Oc2ccccc2N(CCC(=O)NCC(C)(C)N2CCCCC2)C1=O. The number of amides is 2. The first-order valence-electron chi connectivity index (χ1n) is 9.97. The van der Waals surface area contributed by atoms with Crippen LogP contribution in [0, 0.1) is 0 Å². The fraction of sp³-hybridized carbons (Fsp3) is 0.619. The Morgan fingerprint density at radius 2 is 1.93 bits per heavy atom. The molecule has 1 fully saturated rings. The van der Waals surface area contributed by atoms with E-state index in [4.69, 9.17) is 4.74 Å². The van der Waals surface area contributed by atoms with Crippen molar-refractivity contribution in [3.8, 4) is 5.75 Å². The number of carbonyl (C=O) groups excluding carboxylic acids is 2. The number of nitrogens with one attached hydrogen (secondary N) is 1. The lowest BCUT2D eigenvalue weighted by molar-refractivity contribution is -0.125. The van der Waals surface area contributed by atoms with Crippen molar-refractivity contribution in [1.82, 2.24) is 10.2 Å². The number of carbonyl (C=O) groups is 2. The number of ether oxygens (including phenoxy) is 1. The number of benzene rings is 1. The van der Waals surface area contributed by atoms with Gasteiger partial charge in [0.15, 0.2) is 6.10 Å². The molecule has 6 heteroatoms. The minimum absolute atomic E-state index is 0.0236. The zero-order valence-corrected chi connectivity index (χ0v) is 16.7. The number of rotatable bonds is 6. The van der Waals surface area contributed by atoms with Gasteiger partial charge in [0.05, 0.1) is 5.69 Å². The lowest BCUT2D eigenvalue weighted by Crippen LogP contribution is -2.53. The van der Waals surface area contributed by atoms with Crippen molar-refractivity contribution in [2.24, 2.45) is 0 Å². The minimum atomic E-state index is -0.527. The van der Waals surface area contributed by atoms with Gasteiger partial charge in [0.1, 0.15) is 5.75 Å². The van der Waals surface area contributed by atoms with Crippen LogP contribution in [0.25, 0.3) is 0 Å². The molecule has 2 aliphatic rings. The molecule has 0 bridgehead atoms. The third-order valence-corrected chi connectivity index (χ3v) is 5.57. The Hall–Kier alpha value is -2.08. The van der Waals surface area contributed by atoms with Gasteiger partial charge < -0.3 is 15.0 Å². The molecule has 27 heavy (non-hydrogen) atoms. The van der Waals surface area contributed by atoms with E-state index in [1.165, 1.54) is 19.3 Å². The van der Waals surface area contributed by atoms with Crippen LogP contribution in [0.2, 0.25) is 0 Å². The molecule has 2 aliphatic heterocycles. The predicted molar refractivity (Wildman–Crippen MR) is 106 cm³/mol. The summed E-state index contributed by atoms with van der Waals surface area (Å²) < 4.78 is 5.64. The number of anilines is 1. The summed E-state index contributed by atoms with van der Waals surface area (Å²) in [6.45, 7) is 9.28. The highest BCUT2D eigenvalue weighted by atomic mass is 16.5. The molecule has 1 unspecified atom stereocenters. The second-order valence-electron chi connectivity index (χ2n) is 8.10. The molecule has 1 N–H and O–H groups in total. The summed E-state index contributed by atoms with van der Waals surface area (Å²) in [5.41, 5.74) is 0.688. The standard InChI is InChI=1S/C21H31N3O3/c1-16-20(26)24(17-9-5-6-10-18(17)27-16)14-11-19(25)22-15-21(2,3)23-12-7-4-8-13-23/h5-6,9-10,16H,4,7-8,11-15H2,1-3H3,(H,22,25). The summed E-state index contributed by atoms with van der Waals surface area (Å²) in [7, 11) is 0. The maximum absolute atomic E-state index is 12.5. The second-order valence-corrected chi connectivity index (χ2v) is 8.10. The van der Waals surface area contributed by atoms with E-state index in [9.17, 15) is 9.59 Å². The third-order valence-electron chi connectivity index (χ3n) is 5.57. The van der Waals surface area contributed by atoms with Crippen molar-refractivity contribution in [3.63, 3.8) is 0 Å². The van der Waals surface area contributed by atoms with Crippen molar-refractivity contribution in [2.45, 2.75) is 58.1 Å². The molecule has 1 saturated heterocycles. The average molecular weight is 373 g/mol. The van der Waals surface area contributed by atoms with Gasteiger partial charge in [0.2, 0.25) is 5.91 Å². The van der Waals surface area contributed by atoms with E-state index in [0.717, 1.165) is 18.8 Å². The van der Waals surface area contributed by atoms with E-state index in [2.05, 4.69) is 24.1 Å². The Bertz CT molecular complexity index is 683. The highest BCUT2D eigenvalue weighted by Crippen LogP contribution is 2.33. The maximum Gasteiger partial charge on any atom is 0.267 e. The molecule has 1 aromatic carbocycles. The molecule has 1 aromatic rings. The lowest BCUT2D eigenvalue weighted by atomic mass is 9.98. The Balaban J connectivity index is 1.53. The largest absolute Gasteiger partial charge is 0.479 e. The normalized spacial score (nSPS) is 20.8. The first-order valence-corrected chi connectivity index (χ1v) is 9.97. The Morgan fingerprint density at radius 3 is 2.67 bits per heavy atom. The highest BCUT2D eigenvalue weighted by molar-refractivity contribution is 6.00. The number of hydrogen-bond acceptors (Lipinski definition) is 4. The molecule has 148 valence electrons. The van der Waals surface area contributed by atoms with Crippen molar-refractivity contribution < 1.29 is 14.3 Å². The summed E-state index contributed by atoms with van der Waals surface area (Å²) in [5, 5.41) is 3.06. The van der Waals surface area contributed by atoms with Gasteiger partial charge in [-0.3, -0.25) is 14.5 Å². The second kappa shape index (κ2) is 8.30. The van der Waals surface area contributed by atoms with Crippen molar-refractivity contribution >= 4 is 17.5 Å². The molecule has 0 aliphatic carbocycles. The molecule has 2 heterocycles. The van der Waals surface area contributed by atoms with Crippen LogP contribution in [0.3, 0.4) is 0 Å². The number of piperidine rings is 1. The Morgan fingerprint density at radius 1 is 1.22 bits per heavy atom. The molecular formula is C21H31N3O3. The monoisotopic (exact) mass is 373 g/mol. The Kier molecular flexibility index (Phi) is 6.05. The first kappa shape index (κ1) is 19.7. The number of nitrogens with zero attached hydrogens (tertiary/aromatic N) is 2. The van der Waals surface area contributed by atoms with E-state index in [1.54, 1.807) is 11.8 Å². The van der Waals surface area contributed by atoms with Crippen LogP contribution < -0.4 is 15.0 Å². The van der Waals surface area contributed by atoms with Gasteiger partial charge >= 0.3 is 0 Å². The van der Waals surface area contributed by atoms with Gasteiger partial charge in [-0.25, -0.2) is 0 Å². The number of likely N-dealkylation sites (tertiary alicyclic amines) is 1. The minimum Gasteiger partial charge on any atom is -0.479 e. The predicted octanol–water partition coefficient (Wildman–Crippen LogP) is 2.57. The van der Waals surface area contributed by atoms with Crippen LogP contribution in [0.15, 0.2) is 24.3 Å². The zero-order valence-electron chi connectivity index (χ0n) is 16.7. The number of fused-ring (bicyclic) bond motifs is 1. The Labute approximate surface area is 161 Å². The maximum atomic E-state index is 12.5. The van der Waals surface area contributed by atoms with Crippen LogP contribution in [0.4, 0.5) is 5.69 Å². The van der Waals surface area contributed by atoms with Crippen molar-refractivity contribution in [3.05, 3.63) is 24.3 Å².